The molecule has 0 amide bonds. The second kappa shape index (κ2) is 8.74. The van der Waals surface area contributed by atoms with Crippen molar-refractivity contribution in [1.29, 1.82) is 0 Å². The van der Waals surface area contributed by atoms with Crippen molar-refractivity contribution in [2.45, 2.75) is 13.0 Å². The SMILES string of the molecule is CN(CCc1cccs1)c1nnc(-c2ccc3ccccc3c2)n1Cc1ccccc1. The van der Waals surface area contributed by atoms with Gasteiger partial charge in [-0.25, -0.2) is 0 Å². The van der Waals surface area contributed by atoms with Crippen LogP contribution in [0.25, 0.3) is 22.2 Å². The summed E-state index contributed by atoms with van der Waals surface area (Å²) in [7, 11) is 2.10. The molecule has 0 atom stereocenters. The second-order valence-corrected chi connectivity index (χ2v) is 8.74. The monoisotopic (exact) mass is 424 g/mol. The maximum absolute atomic E-state index is 4.63. The van der Waals surface area contributed by atoms with Crippen molar-refractivity contribution >= 4 is 28.1 Å². The molecule has 3 aromatic carbocycles. The molecule has 0 unspecified atom stereocenters. The fraction of sp³-hybridized carbons (Fsp3) is 0.154. The molecule has 0 aliphatic rings. The number of nitrogens with zero attached hydrogens (tertiary/aromatic N) is 4. The van der Waals surface area contributed by atoms with Gasteiger partial charge in [0.15, 0.2) is 5.82 Å². The molecule has 0 saturated heterocycles. The average molecular weight is 425 g/mol. The molecule has 0 saturated carbocycles. The fourth-order valence-corrected chi connectivity index (χ4v) is 4.56. The van der Waals surface area contributed by atoms with Gasteiger partial charge in [0.25, 0.3) is 0 Å². The maximum atomic E-state index is 4.63. The van der Waals surface area contributed by atoms with Crippen LogP contribution in [0.1, 0.15) is 10.4 Å². The van der Waals surface area contributed by atoms with E-state index in [0.29, 0.717) is 0 Å². The third-order valence-corrected chi connectivity index (χ3v) is 6.47. The van der Waals surface area contributed by atoms with Crippen molar-refractivity contribution in [3.8, 4) is 11.4 Å². The lowest BCUT2D eigenvalue weighted by Gasteiger charge is -2.20. The van der Waals surface area contributed by atoms with Crippen molar-refractivity contribution in [2.24, 2.45) is 0 Å². The van der Waals surface area contributed by atoms with Crippen molar-refractivity contribution in [2.75, 3.05) is 18.5 Å². The van der Waals surface area contributed by atoms with Gasteiger partial charge in [-0.2, -0.15) is 0 Å². The molecule has 2 aromatic heterocycles. The normalized spacial score (nSPS) is 11.1. The lowest BCUT2D eigenvalue weighted by Crippen LogP contribution is -2.24. The molecule has 0 aliphatic carbocycles. The van der Waals surface area contributed by atoms with Crippen LogP contribution < -0.4 is 4.90 Å². The highest BCUT2D eigenvalue weighted by Gasteiger charge is 2.18. The summed E-state index contributed by atoms with van der Waals surface area (Å²) >= 11 is 1.80. The topological polar surface area (TPSA) is 34.0 Å². The molecular formula is C26H24N4S. The molecule has 5 aromatic rings. The third kappa shape index (κ3) is 4.23. The minimum absolute atomic E-state index is 0.731. The van der Waals surface area contributed by atoms with Gasteiger partial charge >= 0.3 is 0 Å². The van der Waals surface area contributed by atoms with E-state index in [2.05, 4.69) is 111 Å². The lowest BCUT2D eigenvalue weighted by molar-refractivity contribution is 0.751. The zero-order chi connectivity index (χ0) is 21.0. The molecule has 4 nitrogen and oxygen atoms in total. The van der Waals surface area contributed by atoms with Crippen LogP contribution in [0.3, 0.4) is 0 Å². The van der Waals surface area contributed by atoms with Gasteiger partial charge in [-0.3, -0.25) is 4.57 Å². The zero-order valence-corrected chi connectivity index (χ0v) is 18.3. The summed E-state index contributed by atoms with van der Waals surface area (Å²) < 4.78 is 2.23. The molecule has 5 heteroatoms. The summed E-state index contributed by atoms with van der Waals surface area (Å²) in [5, 5.41) is 13.8. The molecule has 31 heavy (non-hydrogen) atoms. The first-order valence-electron chi connectivity index (χ1n) is 10.5. The summed E-state index contributed by atoms with van der Waals surface area (Å²) in [6.07, 6.45) is 0.998. The first kappa shape index (κ1) is 19.5. The van der Waals surface area contributed by atoms with E-state index in [-0.39, 0.29) is 0 Å². The van der Waals surface area contributed by atoms with Gasteiger partial charge in [0.1, 0.15) is 0 Å². The number of rotatable bonds is 7. The van der Waals surface area contributed by atoms with Gasteiger partial charge < -0.3 is 4.90 Å². The Morgan fingerprint density at radius 1 is 0.839 bits per heavy atom. The number of hydrogen-bond donors (Lipinski definition) is 0. The first-order chi connectivity index (χ1) is 15.3. The number of thiophene rings is 1. The third-order valence-electron chi connectivity index (χ3n) is 5.54. The average Bonchev–Trinajstić information content (AvgIpc) is 3.48. The van der Waals surface area contributed by atoms with Gasteiger partial charge in [0.05, 0.1) is 6.54 Å². The maximum Gasteiger partial charge on any atom is 0.227 e. The molecule has 0 bridgehead atoms. The largest absolute Gasteiger partial charge is 0.344 e. The number of fused-ring (bicyclic) bond motifs is 1. The van der Waals surface area contributed by atoms with Crippen LogP contribution in [0.15, 0.2) is 90.3 Å². The smallest absolute Gasteiger partial charge is 0.227 e. The summed E-state index contributed by atoms with van der Waals surface area (Å²) in [5.41, 5.74) is 2.32. The van der Waals surface area contributed by atoms with Crippen molar-refractivity contribution in [3.05, 3.63) is 101 Å². The van der Waals surface area contributed by atoms with Crippen molar-refractivity contribution < 1.29 is 0 Å². The lowest BCUT2D eigenvalue weighted by atomic mass is 10.1. The Balaban J connectivity index is 1.52. The standard InChI is InChI=1S/C26H24N4S/c1-29(16-15-24-12-7-17-31-24)26-28-27-25(30(26)19-20-8-3-2-4-9-20)23-14-13-21-10-5-6-11-22(21)18-23/h2-14,17-18H,15-16,19H2,1H3. The number of benzene rings is 3. The Morgan fingerprint density at radius 3 is 2.45 bits per heavy atom. The minimum Gasteiger partial charge on any atom is -0.344 e. The van der Waals surface area contributed by atoms with E-state index in [1.54, 1.807) is 11.3 Å². The Hall–Kier alpha value is -3.44. The van der Waals surface area contributed by atoms with Gasteiger partial charge in [0.2, 0.25) is 5.95 Å². The molecule has 2 heterocycles. The highest BCUT2D eigenvalue weighted by molar-refractivity contribution is 7.09. The quantitative estimate of drug-likeness (QED) is 0.327. The van der Waals surface area contributed by atoms with Crippen LogP contribution in [0, 0.1) is 0 Å². The van der Waals surface area contributed by atoms with E-state index in [0.717, 1.165) is 36.8 Å². The number of anilines is 1. The number of hydrogen-bond acceptors (Lipinski definition) is 4. The molecule has 0 aliphatic heterocycles. The predicted molar refractivity (Wildman–Crippen MR) is 130 cm³/mol. The fourth-order valence-electron chi connectivity index (χ4n) is 3.86. The summed E-state index contributed by atoms with van der Waals surface area (Å²) in [4.78, 5) is 3.59. The molecule has 0 spiro atoms. The molecule has 0 radical (unpaired) electrons. The van der Waals surface area contributed by atoms with Crippen LogP contribution in [0.4, 0.5) is 5.95 Å². The molecule has 0 N–H and O–H groups in total. The summed E-state index contributed by atoms with van der Waals surface area (Å²) in [6.45, 7) is 1.62. The van der Waals surface area contributed by atoms with Crippen LogP contribution in [0.2, 0.25) is 0 Å². The Kier molecular flexibility index (Phi) is 5.50. The summed E-state index contributed by atoms with van der Waals surface area (Å²) in [6, 6.07) is 29.7. The van der Waals surface area contributed by atoms with E-state index >= 15 is 0 Å². The zero-order valence-electron chi connectivity index (χ0n) is 17.5. The molecule has 0 fully saturated rings. The van der Waals surface area contributed by atoms with Crippen LogP contribution >= 0.6 is 11.3 Å². The molecule has 5 rings (SSSR count). The van der Waals surface area contributed by atoms with Gasteiger partial charge in [0, 0.05) is 24.0 Å². The van der Waals surface area contributed by atoms with E-state index < -0.39 is 0 Å². The summed E-state index contributed by atoms with van der Waals surface area (Å²) in [5.74, 6) is 1.79. The van der Waals surface area contributed by atoms with Crippen molar-refractivity contribution in [1.82, 2.24) is 14.8 Å². The highest BCUT2D eigenvalue weighted by Crippen LogP contribution is 2.27. The Bertz CT molecular complexity index is 1280. The Labute approximate surface area is 186 Å². The minimum atomic E-state index is 0.731. The predicted octanol–water partition coefficient (Wildman–Crippen LogP) is 5.89. The number of aromatic nitrogens is 3. The van der Waals surface area contributed by atoms with Gasteiger partial charge in [-0.15, -0.1) is 21.5 Å². The van der Waals surface area contributed by atoms with E-state index in [4.69, 9.17) is 0 Å². The highest BCUT2D eigenvalue weighted by atomic mass is 32.1. The second-order valence-electron chi connectivity index (χ2n) is 7.71. The van der Waals surface area contributed by atoms with E-state index in [1.165, 1.54) is 21.2 Å². The Morgan fingerprint density at radius 2 is 1.65 bits per heavy atom. The van der Waals surface area contributed by atoms with E-state index in [1.807, 2.05) is 6.07 Å². The van der Waals surface area contributed by atoms with E-state index in [9.17, 15) is 0 Å². The van der Waals surface area contributed by atoms with Crippen LogP contribution in [-0.4, -0.2) is 28.4 Å². The van der Waals surface area contributed by atoms with Gasteiger partial charge in [-0.1, -0.05) is 72.8 Å². The van der Waals surface area contributed by atoms with Crippen LogP contribution in [-0.2, 0) is 13.0 Å². The number of likely N-dealkylation sites (N-methyl/N-ethyl adjacent to an activating group) is 1. The molecular weight excluding hydrogens is 400 g/mol. The first-order valence-corrected chi connectivity index (χ1v) is 11.4. The molecule has 154 valence electrons. The van der Waals surface area contributed by atoms with Crippen molar-refractivity contribution in [3.63, 3.8) is 0 Å². The van der Waals surface area contributed by atoms with Crippen LogP contribution in [0.5, 0.6) is 0 Å². The van der Waals surface area contributed by atoms with Gasteiger partial charge in [-0.05, 0) is 40.3 Å².